The Morgan fingerprint density at radius 3 is 1.85 bits per heavy atom. The summed E-state index contributed by atoms with van der Waals surface area (Å²) in [6.45, 7) is 5.81. The number of nitrogens with zero attached hydrogens (tertiary/aromatic N) is 1. The highest BCUT2D eigenvalue weighted by atomic mass is 14.2. The van der Waals surface area contributed by atoms with Crippen LogP contribution < -0.4 is 0 Å². The van der Waals surface area contributed by atoms with E-state index < -0.39 is 0 Å². The van der Waals surface area contributed by atoms with E-state index in [9.17, 15) is 0 Å². The van der Waals surface area contributed by atoms with Gasteiger partial charge in [-0.1, -0.05) is 38.1 Å². The maximum absolute atomic E-state index is 7.32. The van der Waals surface area contributed by atoms with Crippen LogP contribution in [0.15, 0.2) is 24.3 Å². The van der Waals surface area contributed by atoms with Crippen molar-refractivity contribution in [1.82, 2.24) is 0 Å². The molecule has 0 saturated heterocycles. The summed E-state index contributed by atoms with van der Waals surface area (Å²) < 4.78 is 0. The van der Waals surface area contributed by atoms with Gasteiger partial charge < -0.3 is 0 Å². The second-order valence-electron chi connectivity index (χ2n) is 2.75. The summed E-state index contributed by atoms with van der Waals surface area (Å²) in [6.07, 6.45) is 2.29. The minimum absolute atomic E-state index is 1.15. The van der Waals surface area contributed by atoms with Crippen molar-refractivity contribution in [2.45, 2.75) is 33.6 Å². The molecule has 0 heterocycles. The monoisotopic (exact) mass is 175 g/mol. The van der Waals surface area contributed by atoms with Crippen LogP contribution >= 0.6 is 0 Å². The third-order valence-corrected chi connectivity index (χ3v) is 1.81. The number of benzene rings is 1. The van der Waals surface area contributed by atoms with E-state index in [1.54, 1.807) is 6.07 Å². The normalized spacial score (nSPS) is 8.15. The van der Waals surface area contributed by atoms with Crippen LogP contribution in [0, 0.1) is 11.3 Å². The first-order chi connectivity index (χ1) is 6.28. The third kappa shape index (κ3) is 5.03. The SMILES string of the molecule is CC#N.CCc1cccc(CC)c1. The molecule has 0 radical (unpaired) electrons. The van der Waals surface area contributed by atoms with Crippen molar-refractivity contribution in [3.63, 3.8) is 0 Å². The molecule has 0 aromatic heterocycles. The number of rotatable bonds is 2. The Labute approximate surface area is 81.0 Å². The lowest BCUT2D eigenvalue weighted by molar-refractivity contribution is 1.09. The first-order valence-electron chi connectivity index (χ1n) is 4.67. The highest BCUT2D eigenvalue weighted by molar-refractivity contribution is 5.23. The molecule has 0 unspecified atom stereocenters. The van der Waals surface area contributed by atoms with Gasteiger partial charge in [-0.3, -0.25) is 0 Å². The fraction of sp³-hybridized carbons (Fsp3) is 0.417. The molecule has 0 aliphatic carbocycles. The molecule has 0 aliphatic heterocycles. The van der Waals surface area contributed by atoms with Crippen molar-refractivity contribution >= 4 is 0 Å². The second-order valence-corrected chi connectivity index (χ2v) is 2.75. The average molecular weight is 175 g/mol. The van der Waals surface area contributed by atoms with Gasteiger partial charge in [0.25, 0.3) is 0 Å². The van der Waals surface area contributed by atoms with Gasteiger partial charge in [0.1, 0.15) is 0 Å². The first-order valence-corrected chi connectivity index (χ1v) is 4.67. The summed E-state index contributed by atoms with van der Waals surface area (Å²) in [6, 6.07) is 10.5. The van der Waals surface area contributed by atoms with E-state index in [1.807, 2.05) is 0 Å². The second kappa shape index (κ2) is 7.36. The molecule has 0 amide bonds. The fourth-order valence-electron chi connectivity index (χ4n) is 1.07. The van der Waals surface area contributed by atoms with Crippen LogP contribution in [0.5, 0.6) is 0 Å². The Kier molecular flexibility index (Phi) is 6.63. The molecular formula is C12H17N. The van der Waals surface area contributed by atoms with Crippen LogP contribution in [-0.4, -0.2) is 0 Å². The minimum Gasteiger partial charge on any atom is -0.199 e. The van der Waals surface area contributed by atoms with Crippen LogP contribution in [0.3, 0.4) is 0 Å². The highest BCUT2D eigenvalue weighted by Gasteiger charge is 1.89. The number of hydrogen-bond donors (Lipinski definition) is 0. The molecule has 0 bridgehead atoms. The summed E-state index contributed by atoms with van der Waals surface area (Å²) in [5.74, 6) is 0. The summed E-state index contributed by atoms with van der Waals surface area (Å²) in [4.78, 5) is 0. The number of aryl methyl sites for hydroxylation is 2. The molecule has 1 heteroatoms. The van der Waals surface area contributed by atoms with Crippen LogP contribution in [0.4, 0.5) is 0 Å². The average Bonchev–Trinajstić information content (AvgIpc) is 2.19. The van der Waals surface area contributed by atoms with E-state index >= 15 is 0 Å². The molecule has 0 aliphatic rings. The zero-order valence-corrected chi connectivity index (χ0v) is 8.67. The zero-order valence-electron chi connectivity index (χ0n) is 8.67. The Morgan fingerprint density at radius 1 is 1.15 bits per heavy atom. The van der Waals surface area contributed by atoms with E-state index in [4.69, 9.17) is 5.26 Å². The Bertz CT molecular complexity index is 251. The summed E-state index contributed by atoms with van der Waals surface area (Å²) >= 11 is 0. The fourth-order valence-corrected chi connectivity index (χ4v) is 1.07. The van der Waals surface area contributed by atoms with E-state index in [-0.39, 0.29) is 0 Å². The van der Waals surface area contributed by atoms with Crippen LogP contribution in [-0.2, 0) is 12.8 Å². The lowest BCUT2D eigenvalue weighted by Crippen LogP contribution is -1.83. The molecule has 0 fully saturated rings. The van der Waals surface area contributed by atoms with Gasteiger partial charge in [0.05, 0.1) is 6.07 Å². The molecule has 1 nitrogen and oxygen atoms in total. The zero-order chi connectivity index (χ0) is 10.1. The van der Waals surface area contributed by atoms with Gasteiger partial charge >= 0.3 is 0 Å². The summed E-state index contributed by atoms with van der Waals surface area (Å²) in [5, 5.41) is 7.32. The highest BCUT2D eigenvalue weighted by Crippen LogP contribution is 2.05. The van der Waals surface area contributed by atoms with Gasteiger partial charge in [-0.05, 0) is 24.0 Å². The Balaban J connectivity index is 0.000000424. The first kappa shape index (κ1) is 11.7. The Morgan fingerprint density at radius 2 is 1.54 bits per heavy atom. The van der Waals surface area contributed by atoms with E-state index in [0.29, 0.717) is 0 Å². The lowest BCUT2D eigenvalue weighted by Gasteiger charge is -1.98. The quantitative estimate of drug-likeness (QED) is 0.676. The maximum atomic E-state index is 7.32. The van der Waals surface area contributed by atoms with Gasteiger partial charge in [0, 0.05) is 6.92 Å². The van der Waals surface area contributed by atoms with Crippen LogP contribution in [0.25, 0.3) is 0 Å². The summed E-state index contributed by atoms with van der Waals surface area (Å²) in [7, 11) is 0. The van der Waals surface area contributed by atoms with E-state index in [0.717, 1.165) is 12.8 Å². The van der Waals surface area contributed by atoms with Crippen molar-refractivity contribution < 1.29 is 0 Å². The molecular weight excluding hydrogens is 158 g/mol. The lowest BCUT2D eigenvalue weighted by atomic mass is 10.1. The molecule has 1 rings (SSSR count). The van der Waals surface area contributed by atoms with Gasteiger partial charge in [-0.15, -0.1) is 0 Å². The predicted molar refractivity (Wildman–Crippen MR) is 56.5 cm³/mol. The van der Waals surface area contributed by atoms with Crippen molar-refractivity contribution in [1.29, 1.82) is 5.26 Å². The third-order valence-electron chi connectivity index (χ3n) is 1.81. The molecule has 0 atom stereocenters. The van der Waals surface area contributed by atoms with Crippen molar-refractivity contribution in [3.05, 3.63) is 35.4 Å². The molecule has 70 valence electrons. The van der Waals surface area contributed by atoms with E-state index in [1.165, 1.54) is 18.1 Å². The number of hydrogen-bond acceptors (Lipinski definition) is 1. The van der Waals surface area contributed by atoms with Gasteiger partial charge in [0.2, 0.25) is 0 Å². The minimum atomic E-state index is 1.15. The van der Waals surface area contributed by atoms with E-state index in [2.05, 4.69) is 38.1 Å². The van der Waals surface area contributed by atoms with Crippen molar-refractivity contribution in [2.24, 2.45) is 0 Å². The van der Waals surface area contributed by atoms with Crippen LogP contribution in [0.1, 0.15) is 31.9 Å². The van der Waals surface area contributed by atoms with Crippen molar-refractivity contribution in [2.75, 3.05) is 0 Å². The molecule has 1 aromatic carbocycles. The smallest absolute Gasteiger partial charge is 0.0587 e. The molecule has 0 N–H and O–H groups in total. The largest absolute Gasteiger partial charge is 0.199 e. The van der Waals surface area contributed by atoms with Gasteiger partial charge in [0.15, 0.2) is 0 Å². The Hall–Kier alpha value is -1.29. The predicted octanol–water partition coefficient (Wildman–Crippen LogP) is 3.34. The summed E-state index contributed by atoms with van der Waals surface area (Å²) in [5.41, 5.74) is 2.89. The maximum Gasteiger partial charge on any atom is 0.0587 e. The molecule has 13 heavy (non-hydrogen) atoms. The van der Waals surface area contributed by atoms with Gasteiger partial charge in [-0.25, -0.2) is 0 Å². The number of nitriles is 1. The molecule has 1 aromatic rings. The van der Waals surface area contributed by atoms with Crippen LogP contribution in [0.2, 0.25) is 0 Å². The van der Waals surface area contributed by atoms with Gasteiger partial charge in [-0.2, -0.15) is 5.26 Å². The standard InChI is InChI=1S/C10H14.C2H3N/c1-3-9-6-5-7-10(4-2)8-9;1-2-3/h5-8H,3-4H2,1-2H3;1H3. The molecule has 0 saturated carbocycles. The topological polar surface area (TPSA) is 23.8 Å². The van der Waals surface area contributed by atoms with Crippen molar-refractivity contribution in [3.8, 4) is 6.07 Å². The molecule has 0 spiro atoms.